The molecule has 0 aliphatic rings. The molecule has 2 aromatic carbocycles. The van der Waals surface area contributed by atoms with Crippen molar-refractivity contribution in [2.24, 2.45) is 0 Å². The van der Waals surface area contributed by atoms with E-state index in [1.807, 2.05) is 0 Å². The van der Waals surface area contributed by atoms with Gasteiger partial charge in [0.05, 0.1) is 0 Å². The van der Waals surface area contributed by atoms with Gasteiger partial charge in [-0.15, -0.1) is 0 Å². The lowest BCUT2D eigenvalue weighted by Gasteiger charge is -2.15. The summed E-state index contributed by atoms with van der Waals surface area (Å²) in [7, 11) is 4.17. The Morgan fingerprint density at radius 1 is 1.00 bits per heavy atom. The topological polar surface area (TPSA) is 15.3 Å². The molecular formula is C16H18Br2N2. The van der Waals surface area contributed by atoms with Gasteiger partial charge in [-0.2, -0.15) is 0 Å². The highest BCUT2D eigenvalue weighted by atomic mass is 79.9. The first-order chi connectivity index (χ1) is 9.56. The predicted octanol–water partition coefficient (Wildman–Crippen LogP) is 4.89. The van der Waals surface area contributed by atoms with E-state index >= 15 is 0 Å². The van der Waals surface area contributed by atoms with Gasteiger partial charge in [0.2, 0.25) is 0 Å². The van der Waals surface area contributed by atoms with Crippen LogP contribution in [0.2, 0.25) is 0 Å². The van der Waals surface area contributed by atoms with Crippen molar-refractivity contribution in [1.29, 1.82) is 0 Å². The molecule has 106 valence electrons. The average molecular weight is 398 g/mol. The molecule has 0 aliphatic heterocycles. The molecule has 0 spiro atoms. The highest BCUT2D eigenvalue weighted by Crippen LogP contribution is 2.24. The van der Waals surface area contributed by atoms with Crippen LogP contribution >= 0.6 is 31.9 Å². The van der Waals surface area contributed by atoms with Crippen molar-refractivity contribution in [3.63, 3.8) is 0 Å². The minimum Gasteiger partial charge on any atom is -0.381 e. The van der Waals surface area contributed by atoms with Crippen molar-refractivity contribution in [1.82, 2.24) is 4.90 Å². The number of rotatable bonds is 5. The lowest BCUT2D eigenvalue weighted by molar-refractivity contribution is 0.403. The van der Waals surface area contributed by atoms with E-state index in [1.165, 1.54) is 16.8 Å². The molecule has 0 heterocycles. The van der Waals surface area contributed by atoms with Crippen molar-refractivity contribution in [2.45, 2.75) is 13.1 Å². The van der Waals surface area contributed by atoms with E-state index in [1.54, 1.807) is 0 Å². The smallest absolute Gasteiger partial charge is 0.0401 e. The van der Waals surface area contributed by atoms with Gasteiger partial charge in [-0.3, -0.25) is 0 Å². The van der Waals surface area contributed by atoms with E-state index in [0.29, 0.717) is 0 Å². The van der Waals surface area contributed by atoms with Crippen molar-refractivity contribution in [2.75, 3.05) is 19.4 Å². The first kappa shape index (κ1) is 15.5. The average Bonchev–Trinajstić information content (AvgIpc) is 2.41. The number of nitrogens with one attached hydrogen (secondary N) is 1. The van der Waals surface area contributed by atoms with Crippen molar-refractivity contribution < 1.29 is 0 Å². The molecule has 1 N–H and O–H groups in total. The SMILES string of the molecule is CN(C)Cc1ccccc1NCc1ccc(Br)c(Br)c1. The molecule has 0 aliphatic carbocycles. The predicted molar refractivity (Wildman–Crippen MR) is 93.0 cm³/mol. The van der Waals surface area contributed by atoms with Crippen LogP contribution in [0.4, 0.5) is 5.69 Å². The fraction of sp³-hybridized carbons (Fsp3) is 0.250. The lowest BCUT2D eigenvalue weighted by atomic mass is 10.1. The van der Waals surface area contributed by atoms with Crippen LogP contribution in [0.1, 0.15) is 11.1 Å². The third-order valence-corrected chi connectivity index (χ3v) is 4.85. The quantitative estimate of drug-likeness (QED) is 0.772. The second kappa shape index (κ2) is 7.25. The highest BCUT2D eigenvalue weighted by molar-refractivity contribution is 9.13. The van der Waals surface area contributed by atoms with Crippen LogP contribution in [0.25, 0.3) is 0 Å². The van der Waals surface area contributed by atoms with Crippen molar-refractivity contribution in [3.8, 4) is 0 Å². The molecule has 0 bridgehead atoms. The molecule has 2 aromatic rings. The summed E-state index contributed by atoms with van der Waals surface area (Å²) in [5, 5.41) is 3.52. The second-order valence-corrected chi connectivity index (χ2v) is 6.71. The summed E-state index contributed by atoms with van der Waals surface area (Å²) in [6.07, 6.45) is 0. The molecule has 0 unspecified atom stereocenters. The van der Waals surface area contributed by atoms with E-state index < -0.39 is 0 Å². The molecule has 0 radical (unpaired) electrons. The zero-order valence-corrected chi connectivity index (χ0v) is 14.8. The molecule has 0 atom stereocenters. The maximum absolute atomic E-state index is 3.54. The molecule has 20 heavy (non-hydrogen) atoms. The Labute approximate surface area is 137 Å². The van der Waals surface area contributed by atoms with Gasteiger partial charge >= 0.3 is 0 Å². The number of hydrogen-bond donors (Lipinski definition) is 1. The van der Waals surface area contributed by atoms with Gasteiger partial charge in [-0.1, -0.05) is 24.3 Å². The fourth-order valence-corrected chi connectivity index (χ4v) is 2.69. The summed E-state index contributed by atoms with van der Waals surface area (Å²) in [5.74, 6) is 0. The van der Waals surface area contributed by atoms with Gasteiger partial charge in [-0.05, 0) is 75.3 Å². The third-order valence-electron chi connectivity index (χ3n) is 2.97. The Balaban J connectivity index is 2.08. The first-order valence-corrected chi connectivity index (χ1v) is 8.05. The lowest BCUT2D eigenvalue weighted by Crippen LogP contribution is -2.12. The van der Waals surface area contributed by atoms with Gasteiger partial charge in [0.15, 0.2) is 0 Å². The number of benzene rings is 2. The zero-order valence-electron chi connectivity index (χ0n) is 11.7. The van der Waals surface area contributed by atoms with Gasteiger partial charge in [0.25, 0.3) is 0 Å². The second-order valence-electron chi connectivity index (χ2n) is 5.00. The number of halogens is 2. The molecule has 0 fully saturated rings. The van der Waals surface area contributed by atoms with Gasteiger partial charge in [0.1, 0.15) is 0 Å². The summed E-state index contributed by atoms with van der Waals surface area (Å²) < 4.78 is 2.16. The van der Waals surface area contributed by atoms with E-state index in [9.17, 15) is 0 Å². The number of anilines is 1. The summed E-state index contributed by atoms with van der Waals surface area (Å²) in [6.45, 7) is 1.75. The molecule has 0 aromatic heterocycles. The maximum Gasteiger partial charge on any atom is 0.0401 e. The van der Waals surface area contributed by atoms with Crippen LogP contribution in [-0.4, -0.2) is 19.0 Å². The minimum absolute atomic E-state index is 0.816. The molecule has 0 saturated heterocycles. The van der Waals surface area contributed by atoms with Gasteiger partial charge in [0, 0.05) is 27.7 Å². The Bertz CT molecular complexity index is 582. The largest absolute Gasteiger partial charge is 0.381 e. The van der Waals surface area contributed by atoms with Crippen LogP contribution in [0.3, 0.4) is 0 Å². The normalized spacial score (nSPS) is 10.8. The van der Waals surface area contributed by atoms with E-state index in [4.69, 9.17) is 0 Å². The Morgan fingerprint density at radius 3 is 2.45 bits per heavy atom. The number of hydrogen-bond acceptors (Lipinski definition) is 2. The maximum atomic E-state index is 3.54. The van der Waals surface area contributed by atoms with Crippen LogP contribution in [0.5, 0.6) is 0 Å². The summed E-state index contributed by atoms with van der Waals surface area (Å²) >= 11 is 7.03. The van der Waals surface area contributed by atoms with Crippen molar-refractivity contribution >= 4 is 37.5 Å². The van der Waals surface area contributed by atoms with Crippen LogP contribution in [0, 0.1) is 0 Å². The number of nitrogens with zero attached hydrogens (tertiary/aromatic N) is 1. The molecule has 2 nitrogen and oxygen atoms in total. The van der Waals surface area contributed by atoms with Gasteiger partial charge in [-0.25, -0.2) is 0 Å². The molecule has 4 heteroatoms. The van der Waals surface area contributed by atoms with E-state index in [2.05, 4.69) is 98.6 Å². The fourth-order valence-electron chi connectivity index (χ4n) is 2.02. The third kappa shape index (κ3) is 4.33. The Morgan fingerprint density at radius 2 is 1.75 bits per heavy atom. The van der Waals surface area contributed by atoms with Crippen molar-refractivity contribution in [3.05, 3.63) is 62.5 Å². The monoisotopic (exact) mass is 396 g/mol. The molecule has 0 saturated carbocycles. The summed E-state index contributed by atoms with van der Waals surface area (Å²) in [6, 6.07) is 14.8. The highest BCUT2D eigenvalue weighted by Gasteiger charge is 2.04. The van der Waals surface area contributed by atoms with Crippen LogP contribution in [-0.2, 0) is 13.1 Å². The summed E-state index contributed by atoms with van der Waals surface area (Å²) in [4.78, 5) is 2.18. The minimum atomic E-state index is 0.816. The zero-order chi connectivity index (χ0) is 14.5. The van der Waals surface area contributed by atoms with Gasteiger partial charge < -0.3 is 10.2 Å². The molecule has 2 rings (SSSR count). The molecule has 0 amide bonds. The summed E-state index contributed by atoms with van der Waals surface area (Å²) in [5.41, 5.74) is 3.76. The Hall–Kier alpha value is -0.840. The van der Waals surface area contributed by atoms with Crippen LogP contribution < -0.4 is 5.32 Å². The van der Waals surface area contributed by atoms with Crippen LogP contribution in [0.15, 0.2) is 51.4 Å². The Kier molecular flexibility index (Phi) is 5.64. The molecular weight excluding hydrogens is 380 g/mol. The van der Waals surface area contributed by atoms with E-state index in [0.717, 1.165) is 22.0 Å². The number of para-hydroxylation sites is 1. The first-order valence-electron chi connectivity index (χ1n) is 6.46. The van der Waals surface area contributed by atoms with E-state index in [-0.39, 0.29) is 0 Å². The standard InChI is InChI=1S/C16H18Br2N2/c1-20(2)11-13-5-3-4-6-16(13)19-10-12-7-8-14(17)15(18)9-12/h3-9,19H,10-11H2,1-2H3.